The van der Waals surface area contributed by atoms with E-state index in [0.29, 0.717) is 5.56 Å². The molecule has 0 radical (unpaired) electrons. The fourth-order valence-electron chi connectivity index (χ4n) is 0.854. The molecule has 1 aromatic carbocycles. The predicted octanol–water partition coefficient (Wildman–Crippen LogP) is 3.14. The molecule has 0 aliphatic rings. The van der Waals surface area contributed by atoms with Gasteiger partial charge in [-0.25, -0.2) is 0 Å². The van der Waals surface area contributed by atoms with Gasteiger partial charge in [-0.15, -0.1) is 11.6 Å². The summed E-state index contributed by atoms with van der Waals surface area (Å²) < 4.78 is 4.94. The molecule has 0 fully saturated rings. The molecule has 0 unspecified atom stereocenters. The number of Topliss-reactive ketones (excluding diaryl/α,β-unsaturated/α-hetero) is 1. The molecule has 0 spiro atoms. The van der Waals surface area contributed by atoms with Crippen molar-refractivity contribution in [1.82, 2.24) is 0 Å². The first-order valence-electron chi connectivity index (χ1n) is 4.51. The van der Waals surface area contributed by atoms with E-state index >= 15 is 0 Å². The van der Waals surface area contributed by atoms with Crippen LogP contribution in [0, 0.1) is 0 Å². The fourth-order valence-corrected chi connectivity index (χ4v) is 1.01. The molecule has 0 N–H and O–H groups in total. The van der Waals surface area contributed by atoms with Gasteiger partial charge in [0.1, 0.15) is 5.75 Å². The molecule has 3 heteroatoms. The molecule has 0 amide bonds. The van der Waals surface area contributed by atoms with Crippen molar-refractivity contribution in [2.75, 3.05) is 13.0 Å². The van der Waals surface area contributed by atoms with Crippen LogP contribution in [-0.4, -0.2) is 18.8 Å². The van der Waals surface area contributed by atoms with Crippen molar-refractivity contribution in [3.63, 3.8) is 0 Å². The number of hydrogen-bond donors (Lipinski definition) is 0. The van der Waals surface area contributed by atoms with Gasteiger partial charge in [-0.3, -0.25) is 4.79 Å². The van der Waals surface area contributed by atoms with Crippen molar-refractivity contribution in [3.8, 4) is 5.75 Å². The number of ketones is 1. The van der Waals surface area contributed by atoms with Crippen LogP contribution >= 0.6 is 11.6 Å². The highest BCUT2D eigenvalue weighted by Crippen LogP contribution is 2.11. The maximum Gasteiger partial charge on any atom is 0.177 e. The molecule has 2 nitrogen and oxygen atoms in total. The van der Waals surface area contributed by atoms with E-state index in [1.807, 2.05) is 13.8 Å². The first-order chi connectivity index (χ1) is 6.77. The maximum absolute atomic E-state index is 11.0. The quantitative estimate of drug-likeness (QED) is 0.571. The molecule has 0 saturated heterocycles. The molecule has 14 heavy (non-hydrogen) atoms. The molecular formula is C11H15ClO2. The molecule has 0 saturated carbocycles. The summed E-state index contributed by atoms with van der Waals surface area (Å²) in [6.45, 7) is 4.00. The van der Waals surface area contributed by atoms with Crippen LogP contribution in [0.5, 0.6) is 5.75 Å². The number of carbonyl (C=O) groups is 1. The third-order valence-corrected chi connectivity index (χ3v) is 1.78. The van der Waals surface area contributed by atoms with Gasteiger partial charge in [0.15, 0.2) is 5.78 Å². The van der Waals surface area contributed by atoms with E-state index in [1.54, 1.807) is 31.4 Å². The van der Waals surface area contributed by atoms with Gasteiger partial charge in [0, 0.05) is 5.56 Å². The van der Waals surface area contributed by atoms with Crippen LogP contribution in [-0.2, 0) is 0 Å². The van der Waals surface area contributed by atoms with Crippen molar-refractivity contribution < 1.29 is 9.53 Å². The summed E-state index contributed by atoms with van der Waals surface area (Å²) in [6.07, 6.45) is 0. The Morgan fingerprint density at radius 1 is 1.29 bits per heavy atom. The van der Waals surface area contributed by atoms with Crippen molar-refractivity contribution in [2.45, 2.75) is 13.8 Å². The Kier molecular flexibility index (Phi) is 6.85. The van der Waals surface area contributed by atoms with Gasteiger partial charge >= 0.3 is 0 Å². The van der Waals surface area contributed by atoms with Crippen molar-refractivity contribution >= 4 is 17.4 Å². The van der Waals surface area contributed by atoms with Crippen LogP contribution in [0.25, 0.3) is 0 Å². The lowest BCUT2D eigenvalue weighted by molar-refractivity contribution is 0.102. The summed E-state index contributed by atoms with van der Waals surface area (Å²) >= 11 is 5.38. The highest BCUT2D eigenvalue weighted by Gasteiger charge is 2.02. The Hall–Kier alpha value is -1.02. The first-order valence-corrected chi connectivity index (χ1v) is 5.04. The Bertz CT molecular complexity index is 267. The van der Waals surface area contributed by atoms with E-state index in [2.05, 4.69) is 0 Å². The second kappa shape index (κ2) is 7.39. The largest absolute Gasteiger partial charge is 0.497 e. The lowest BCUT2D eigenvalue weighted by atomic mass is 10.1. The highest BCUT2D eigenvalue weighted by atomic mass is 35.5. The maximum atomic E-state index is 11.0. The number of methoxy groups -OCH3 is 1. The summed E-state index contributed by atoms with van der Waals surface area (Å²) in [5, 5.41) is 0. The number of benzene rings is 1. The van der Waals surface area contributed by atoms with Crippen molar-refractivity contribution in [2.24, 2.45) is 0 Å². The zero-order chi connectivity index (χ0) is 11.0. The highest BCUT2D eigenvalue weighted by molar-refractivity contribution is 6.30. The molecule has 0 aliphatic heterocycles. The van der Waals surface area contributed by atoms with E-state index in [4.69, 9.17) is 16.3 Å². The molecular weight excluding hydrogens is 200 g/mol. The minimum atomic E-state index is -0.0701. The Balaban J connectivity index is 0.000000791. The van der Waals surface area contributed by atoms with Crippen molar-refractivity contribution in [1.29, 1.82) is 0 Å². The van der Waals surface area contributed by atoms with Crippen molar-refractivity contribution in [3.05, 3.63) is 29.8 Å². The van der Waals surface area contributed by atoms with Gasteiger partial charge in [0.25, 0.3) is 0 Å². The van der Waals surface area contributed by atoms with E-state index in [-0.39, 0.29) is 11.7 Å². The zero-order valence-corrected chi connectivity index (χ0v) is 9.47. The van der Waals surface area contributed by atoms with Gasteiger partial charge in [-0.05, 0) is 24.3 Å². The normalized spacial score (nSPS) is 8.57. The van der Waals surface area contributed by atoms with Crippen LogP contribution in [0.4, 0.5) is 0 Å². The number of alkyl halides is 1. The average Bonchev–Trinajstić information content (AvgIpc) is 2.31. The SMILES string of the molecule is CC.COc1ccc(C(=O)CCl)cc1. The fraction of sp³-hybridized carbons (Fsp3) is 0.364. The van der Waals surface area contributed by atoms with Crippen LogP contribution in [0.1, 0.15) is 24.2 Å². The van der Waals surface area contributed by atoms with Crippen LogP contribution in [0.3, 0.4) is 0 Å². The van der Waals surface area contributed by atoms with Crippen LogP contribution in [0.2, 0.25) is 0 Å². The first kappa shape index (κ1) is 13.0. The summed E-state index contributed by atoms with van der Waals surface area (Å²) in [5.74, 6) is 0.687. The monoisotopic (exact) mass is 214 g/mol. The molecule has 1 aromatic rings. The summed E-state index contributed by atoms with van der Waals surface area (Å²) in [5.41, 5.74) is 0.616. The van der Waals surface area contributed by atoms with E-state index < -0.39 is 0 Å². The summed E-state index contributed by atoms with van der Waals surface area (Å²) in [7, 11) is 1.58. The molecule has 78 valence electrons. The molecule has 0 aromatic heterocycles. The van der Waals surface area contributed by atoms with Gasteiger partial charge < -0.3 is 4.74 Å². The third kappa shape index (κ3) is 3.79. The van der Waals surface area contributed by atoms with Crippen LogP contribution in [0.15, 0.2) is 24.3 Å². The summed E-state index contributed by atoms with van der Waals surface area (Å²) in [6, 6.07) is 6.87. The molecule has 0 bridgehead atoms. The van der Waals surface area contributed by atoms with E-state index in [1.165, 1.54) is 0 Å². The minimum absolute atomic E-state index is 0.0202. The smallest absolute Gasteiger partial charge is 0.177 e. The summed E-state index contributed by atoms with van der Waals surface area (Å²) in [4.78, 5) is 11.0. The van der Waals surface area contributed by atoms with Gasteiger partial charge in [0.05, 0.1) is 13.0 Å². The topological polar surface area (TPSA) is 26.3 Å². The van der Waals surface area contributed by atoms with Gasteiger partial charge in [0.2, 0.25) is 0 Å². The standard InChI is InChI=1S/C9H9ClO2.C2H6/c1-12-8-4-2-7(3-5-8)9(11)6-10;1-2/h2-5H,6H2,1H3;1-2H3. The number of ether oxygens (including phenoxy) is 1. The molecule has 0 heterocycles. The Morgan fingerprint density at radius 2 is 1.79 bits per heavy atom. The van der Waals surface area contributed by atoms with E-state index in [9.17, 15) is 4.79 Å². The minimum Gasteiger partial charge on any atom is -0.497 e. The number of halogens is 1. The lowest BCUT2D eigenvalue weighted by Crippen LogP contribution is -1.99. The predicted molar refractivity (Wildman–Crippen MR) is 59.4 cm³/mol. The average molecular weight is 215 g/mol. The molecule has 0 atom stereocenters. The second-order valence-corrected chi connectivity index (χ2v) is 2.55. The molecule has 0 aliphatic carbocycles. The lowest BCUT2D eigenvalue weighted by Gasteiger charge is -1.99. The van der Waals surface area contributed by atoms with E-state index in [0.717, 1.165) is 5.75 Å². The van der Waals surface area contributed by atoms with Gasteiger partial charge in [-0.2, -0.15) is 0 Å². The van der Waals surface area contributed by atoms with Gasteiger partial charge in [-0.1, -0.05) is 13.8 Å². The van der Waals surface area contributed by atoms with Crippen LogP contribution < -0.4 is 4.74 Å². The Labute approximate surface area is 89.8 Å². The third-order valence-electron chi connectivity index (χ3n) is 1.53. The zero-order valence-electron chi connectivity index (χ0n) is 8.71. The second-order valence-electron chi connectivity index (χ2n) is 2.29. The number of hydrogen-bond acceptors (Lipinski definition) is 2. The number of rotatable bonds is 3. The molecule has 1 rings (SSSR count). The number of carbonyl (C=O) groups excluding carboxylic acids is 1. The Morgan fingerprint density at radius 3 is 2.14 bits per heavy atom.